The molecule has 1 saturated carbocycles. The number of aromatic nitrogens is 4. The number of tetrazole rings is 1. The summed E-state index contributed by atoms with van der Waals surface area (Å²) in [6.07, 6.45) is 7.60. The molecule has 1 atom stereocenters. The minimum Gasteiger partial charge on any atom is -0.217 e. The van der Waals surface area contributed by atoms with Crippen LogP contribution in [0.3, 0.4) is 0 Å². The molecule has 0 N–H and O–H groups in total. The molecule has 1 aromatic heterocycles. The molecule has 0 spiro atoms. The Hall–Kier alpha value is -0.100. The van der Waals surface area contributed by atoms with E-state index in [4.69, 9.17) is 0 Å². The van der Waals surface area contributed by atoms with E-state index in [0.29, 0.717) is 12.0 Å². The third-order valence-corrected chi connectivity index (χ3v) is 5.58. The summed E-state index contributed by atoms with van der Waals surface area (Å²) in [5.41, 5.74) is 0. The molecule has 0 aliphatic heterocycles. The van der Waals surface area contributed by atoms with Gasteiger partial charge in [-0.1, -0.05) is 53.9 Å². The molecule has 0 aromatic carbocycles. The van der Waals surface area contributed by atoms with Gasteiger partial charge >= 0.3 is 0 Å². The van der Waals surface area contributed by atoms with Crippen molar-refractivity contribution in [1.29, 1.82) is 0 Å². The molecule has 0 bridgehead atoms. The van der Waals surface area contributed by atoms with Gasteiger partial charge < -0.3 is 0 Å². The van der Waals surface area contributed by atoms with Crippen molar-refractivity contribution in [3.8, 4) is 0 Å². The molecule has 102 valence electrons. The van der Waals surface area contributed by atoms with E-state index >= 15 is 0 Å². The highest BCUT2D eigenvalue weighted by Gasteiger charge is 2.22. The number of hydrogen-bond donors (Lipinski definition) is 0. The number of thioether (sulfide) groups is 1. The molecular formula is C12H21BrN4S. The van der Waals surface area contributed by atoms with Crippen LogP contribution < -0.4 is 0 Å². The standard InChI is InChI=1S/C12H21BrN4S/c1-2-5-10(8-13)9-18-12-14-15-16-17(12)11-6-3-4-7-11/h10-11H,2-9H2,1H3. The van der Waals surface area contributed by atoms with Crippen LogP contribution in [0.1, 0.15) is 51.5 Å². The smallest absolute Gasteiger partial charge is 0.209 e. The van der Waals surface area contributed by atoms with E-state index in [0.717, 1.165) is 16.2 Å². The van der Waals surface area contributed by atoms with Crippen molar-refractivity contribution in [2.24, 2.45) is 5.92 Å². The molecule has 0 radical (unpaired) electrons. The number of nitrogens with zero attached hydrogens (tertiary/aromatic N) is 4. The first-order valence-electron chi connectivity index (χ1n) is 6.81. The van der Waals surface area contributed by atoms with E-state index in [2.05, 4.69) is 43.1 Å². The lowest BCUT2D eigenvalue weighted by Crippen LogP contribution is -2.10. The molecule has 4 nitrogen and oxygen atoms in total. The third-order valence-electron chi connectivity index (χ3n) is 3.50. The normalized spacial score (nSPS) is 18.3. The minimum atomic E-state index is 0.538. The maximum Gasteiger partial charge on any atom is 0.209 e. The maximum absolute atomic E-state index is 4.18. The van der Waals surface area contributed by atoms with Gasteiger partial charge in [-0.05, 0) is 35.6 Å². The predicted octanol–water partition coefficient (Wildman–Crippen LogP) is 3.69. The Kier molecular flexibility index (Phi) is 5.95. The van der Waals surface area contributed by atoms with Crippen molar-refractivity contribution in [2.75, 3.05) is 11.1 Å². The molecular weight excluding hydrogens is 312 g/mol. The van der Waals surface area contributed by atoms with E-state index < -0.39 is 0 Å². The van der Waals surface area contributed by atoms with Gasteiger partial charge in [-0.25, -0.2) is 4.68 Å². The quantitative estimate of drug-likeness (QED) is 0.564. The topological polar surface area (TPSA) is 43.6 Å². The summed E-state index contributed by atoms with van der Waals surface area (Å²) in [6.45, 7) is 2.24. The summed E-state index contributed by atoms with van der Waals surface area (Å²) < 4.78 is 2.05. The fraction of sp³-hybridized carbons (Fsp3) is 0.917. The first-order valence-corrected chi connectivity index (χ1v) is 8.92. The molecule has 6 heteroatoms. The number of hydrogen-bond acceptors (Lipinski definition) is 4. The van der Waals surface area contributed by atoms with E-state index in [-0.39, 0.29) is 0 Å². The fourth-order valence-corrected chi connectivity index (χ4v) is 4.40. The van der Waals surface area contributed by atoms with Crippen molar-refractivity contribution in [3.05, 3.63) is 0 Å². The van der Waals surface area contributed by atoms with E-state index in [1.165, 1.54) is 38.5 Å². The van der Waals surface area contributed by atoms with Crippen molar-refractivity contribution in [2.45, 2.75) is 56.6 Å². The predicted molar refractivity (Wildman–Crippen MR) is 78.2 cm³/mol. The lowest BCUT2D eigenvalue weighted by molar-refractivity contribution is 0.422. The van der Waals surface area contributed by atoms with Crippen LogP contribution in [0.25, 0.3) is 0 Å². The number of halogens is 1. The summed E-state index contributed by atoms with van der Waals surface area (Å²) in [5.74, 6) is 1.82. The largest absolute Gasteiger partial charge is 0.217 e. The molecule has 0 amide bonds. The molecule has 1 unspecified atom stereocenters. The summed E-state index contributed by atoms with van der Waals surface area (Å²) >= 11 is 5.40. The molecule has 2 rings (SSSR count). The maximum atomic E-state index is 4.18. The van der Waals surface area contributed by atoms with Gasteiger partial charge in [-0.3, -0.25) is 0 Å². The van der Waals surface area contributed by atoms with Gasteiger partial charge in [-0.2, -0.15) is 0 Å². The second-order valence-corrected chi connectivity index (χ2v) is 6.60. The Morgan fingerprint density at radius 2 is 2.22 bits per heavy atom. The lowest BCUT2D eigenvalue weighted by Gasteiger charge is -2.14. The summed E-state index contributed by atoms with van der Waals surface area (Å²) in [7, 11) is 0. The van der Waals surface area contributed by atoms with Gasteiger partial charge in [0.2, 0.25) is 5.16 Å². The zero-order chi connectivity index (χ0) is 12.8. The average Bonchev–Trinajstić information content (AvgIpc) is 3.04. The van der Waals surface area contributed by atoms with Crippen LogP contribution in [0.5, 0.6) is 0 Å². The first kappa shape index (κ1) is 14.3. The van der Waals surface area contributed by atoms with Crippen LogP contribution in [0.15, 0.2) is 5.16 Å². The molecule has 1 fully saturated rings. The summed E-state index contributed by atoms with van der Waals surface area (Å²) in [6, 6.07) is 0.538. The third kappa shape index (κ3) is 3.70. The Morgan fingerprint density at radius 3 is 2.89 bits per heavy atom. The average molecular weight is 333 g/mol. The second kappa shape index (κ2) is 7.48. The molecule has 0 saturated heterocycles. The van der Waals surface area contributed by atoms with Crippen LogP contribution in [0, 0.1) is 5.92 Å². The van der Waals surface area contributed by atoms with Gasteiger partial charge in [0.15, 0.2) is 0 Å². The molecule has 1 aromatic rings. The molecule has 1 aliphatic rings. The first-order chi connectivity index (χ1) is 8.85. The Morgan fingerprint density at radius 1 is 1.44 bits per heavy atom. The Labute approximate surface area is 121 Å². The van der Waals surface area contributed by atoms with Crippen molar-refractivity contribution < 1.29 is 0 Å². The summed E-state index contributed by atoms with van der Waals surface area (Å²) in [5, 5.41) is 14.3. The second-order valence-electron chi connectivity index (χ2n) is 4.96. The van der Waals surface area contributed by atoms with Gasteiger partial charge in [0.25, 0.3) is 0 Å². The Balaban J connectivity index is 1.90. The summed E-state index contributed by atoms with van der Waals surface area (Å²) in [4.78, 5) is 0. The molecule has 1 heterocycles. The monoisotopic (exact) mass is 332 g/mol. The van der Waals surface area contributed by atoms with Crippen molar-refractivity contribution >= 4 is 27.7 Å². The van der Waals surface area contributed by atoms with Gasteiger partial charge in [0, 0.05) is 11.1 Å². The molecule has 18 heavy (non-hydrogen) atoms. The van der Waals surface area contributed by atoms with E-state index in [1.54, 1.807) is 0 Å². The lowest BCUT2D eigenvalue weighted by atomic mass is 10.1. The zero-order valence-corrected chi connectivity index (χ0v) is 13.3. The van der Waals surface area contributed by atoms with Crippen molar-refractivity contribution in [3.63, 3.8) is 0 Å². The molecule has 1 aliphatic carbocycles. The van der Waals surface area contributed by atoms with Crippen LogP contribution in [-0.2, 0) is 0 Å². The van der Waals surface area contributed by atoms with E-state index in [9.17, 15) is 0 Å². The van der Waals surface area contributed by atoms with Crippen LogP contribution >= 0.6 is 27.7 Å². The number of alkyl halides is 1. The van der Waals surface area contributed by atoms with Gasteiger partial charge in [0.1, 0.15) is 0 Å². The van der Waals surface area contributed by atoms with Crippen molar-refractivity contribution in [1.82, 2.24) is 20.2 Å². The fourth-order valence-electron chi connectivity index (χ4n) is 2.46. The number of rotatable bonds is 7. The SMILES string of the molecule is CCCC(CBr)CSc1nnnn1C1CCCC1. The van der Waals surface area contributed by atoms with Crippen LogP contribution in [-0.4, -0.2) is 31.3 Å². The zero-order valence-electron chi connectivity index (χ0n) is 10.9. The highest BCUT2D eigenvalue weighted by atomic mass is 79.9. The van der Waals surface area contributed by atoms with Gasteiger partial charge in [-0.15, -0.1) is 5.10 Å². The van der Waals surface area contributed by atoms with Gasteiger partial charge in [0.05, 0.1) is 6.04 Å². The van der Waals surface area contributed by atoms with E-state index in [1.807, 2.05) is 11.8 Å². The highest BCUT2D eigenvalue weighted by molar-refractivity contribution is 9.09. The minimum absolute atomic E-state index is 0.538. The van der Waals surface area contributed by atoms with Crippen LogP contribution in [0.4, 0.5) is 0 Å². The van der Waals surface area contributed by atoms with Crippen LogP contribution in [0.2, 0.25) is 0 Å². The highest BCUT2D eigenvalue weighted by Crippen LogP contribution is 2.32. The Bertz CT molecular complexity index is 352.